The highest BCUT2D eigenvalue weighted by Gasteiger charge is 2.47. The van der Waals surface area contributed by atoms with Gasteiger partial charge in [0.15, 0.2) is 0 Å². The van der Waals surface area contributed by atoms with Crippen LogP contribution in [0.4, 0.5) is 0 Å². The summed E-state index contributed by atoms with van der Waals surface area (Å²) in [4.78, 5) is 0. The van der Waals surface area contributed by atoms with Crippen LogP contribution < -0.4 is 9.47 Å². The largest absolute Gasteiger partial charge is 0.492 e. The second kappa shape index (κ2) is 12.4. The molecule has 0 bridgehead atoms. The third-order valence-corrected chi connectivity index (χ3v) is 10.2. The van der Waals surface area contributed by atoms with E-state index in [1.54, 1.807) is 0 Å². The molecule has 246 valence electrons. The number of aliphatic hydroxyl groups is 4. The molecule has 8 heteroatoms. The van der Waals surface area contributed by atoms with Crippen LogP contribution in [-0.4, -0.2) is 73.3 Å². The lowest BCUT2D eigenvalue weighted by atomic mass is 9.66. The molecular weight excluding hydrogens is 596 g/mol. The minimum Gasteiger partial charge on any atom is -0.492 e. The van der Waals surface area contributed by atoms with E-state index in [4.69, 9.17) is 18.9 Å². The normalized spacial score (nSPS) is 18.1. The van der Waals surface area contributed by atoms with Crippen molar-refractivity contribution in [2.75, 3.05) is 52.9 Å². The SMILES string of the molecule is Cc1cc(C2(c3cc(C)c(OCC4(CO)COC4)c(CO)c3)c3ccccc3-c3ccccc32)cc(CO)c1OCC1(CO)COC1. The van der Waals surface area contributed by atoms with Gasteiger partial charge in [-0.15, -0.1) is 0 Å². The molecule has 4 aromatic rings. The summed E-state index contributed by atoms with van der Waals surface area (Å²) in [6, 6.07) is 25.2. The van der Waals surface area contributed by atoms with Crippen molar-refractivity contribution in [3.63, 3.8) is 0 Å². The van der Waals surface area contributed by atoms with Gasteiger partial charge in [-0.25, -0.2) is 0 Å². The molecule has 8 nitrogen and oxygen atoms in total. The van der Waals surface area contributed by atoms with Crippen LogP contribution >= 0.6 is 0 Å². The van der Waals surface area contributed by atoms with Crippen LogP contribution in [0.2, 0.25) is 0 Å². The molecule has 4 aromatic carbocycles. The van der Waals surface area contributed by atoms with E-state index in [1.807, 2.05) is 26.0 Å². The monoisotopic (exact) mass is 638 g/mol. The molecule has 0 amide bonds. The molecule has 2 fully saturated rings. The van der Waals surface area contributed by atoms with E-state index in [0.717, 1.165) is 44.5 Å². The quantitative estimate of drug-likeness (QED) is 0.159. The standard InChI is InChI=1S/C39H42O8/c1-25-11-29(13-27(15-40)35(25)46-23-37(17-42)19-44-20-37)39(33-9-5-3-7-31(33)32-8-4-6-10-34(32)39)30-12-26(2)36(28(14-30)16-41)47-24-38(18-43)21-45-22-38/h3-14,40-43H,15-24H2,1-2H3. The Kier molecular flexibility index (Phi) is 8.37. The van der Waals surface area contributed by atoms with Gasteiger partial charge in [0.2, 0.25) is 0 Å². The topological polar surface area (TPSA) is 118 Å². The number of ether oxygens (including phenoxy) is 4. The van der Waals surface area contributed by atoms with Crippen molar-refractivity contribution >= 4 is 0 Å². The highest BCUT2D eigenvalue weighted by atomic mass is 16.5. The van der Waals surface area contributed by atoms with Gasteiger partial charge in [-0.2, -0.15) is 0 Å². The predicted octanol–water partition coefficient (Wildman–Crippen LogP) is 4.43. The van der Waals surface area contributed by atoms with Crippen LogP contribution in [0.25, 0.3) is 11.1 Å². The highest BCUT2D eigenvalue weighted by molar-refractivity contribution is 5.86. The van der Waals surface area contributed by atoms with Crippen molar-refractivity contribution in [1.82, 2.24) is 0 Å². The van der Waals surface area contributed by atoms with Gasteiger partial charge in [0.05, 0.1) is 69.1 Å². The first kappa shape index (κ1) is 31.8. The van der Waals surface area contributed by atoms with Gasteiger partial charge >= 0.3 is 0 Å². The van der Waals surface area contributed by atoms with Gasteiger partial charge < -0.3 is 39.4 Å². The zero-order valence-electron chi connectivity index (χ0n) is 26.9. The summed E-state index contributed by atoms with van der Waals surface area (Å²) in [6.07, 6.45) is 0. The fourth-order valence-corrected chi connectivity index (χ4v) is 7.47. The summed E-state index contributed by atoms with van der Waals surface area (Å²) in [6.45, 7) is 5.79. The minimum atomic E-state index is -0.782. The summed E-state index contributed by atoms with van der Waals surface area (Å²) < 4.78 is 23.4. The fraction of sp³-hybridized carbons (Fsp3) is 0.385. The lowest BCUT2D eigenvalue weighted by Crippen LogP contribution is -2.50. The smallest absolute Gasteiger partial charge is 0.127 e. The van der Waals surface area contributed by atoms with Crippen LogP contribution in [0, 0.1) is 24.7 Å². The Labute approximate surface area is 275 Å². The van der Waals surface area contributed by atoms with Crippen molar-refractivity contribution in [1.29, 1.82) is 0 Å². The molecule has 0 radical (unpaired) electrons. The van der Waals surface area contributed by atoms with Crippen LogP contribution in [0.5, 0.6) is 11.5 Å². The number of aryl methyl sites for hydroxylation is 2. The van der Waals surface area contributed by atoms with E-state index >= 15 is 0 Å². The molecule has 4 N–H and O–H groups in total. The van der Waals surface area contributed by atoms with Crippen LogP contribution in [-0.2, 0) is 28.1 Å². The number of rotatable bonds is 12. The molecular formula is C39H42O8. The average molecular weight is 639 g/mol. The fourth-order valence-electron chi connectivity index (χ4n) is 7.47. The van der Waals surface area contributed by atoms with E-state index in [-0.39, 0.29) is 39.6 Å². The van der Waals surface area contributed by atoms with Crippen molar-refractivity contribution in [3.8, 4) is 22.6 Å². The molecule has 2 heterocycles. The highest BCUT2D eigenvalue weighted by Crippen LogP contribution is 2.57. The summed E-state index contributed by atoms with van der Waals surface area (Å²) in [5, 5.41) is 41.4. The van der Waals surface area contributed by atoms with Crippen LogP contribution in [0.3, 0.4) is 0 Å². The maximum Gasteiger partial charge on any atom is 0.127 e. The molecule has 47 heavy (non-hydrogen) atoms. The molecule has 0 atom stereocenters. The minimum absolute atomic E-state index is 0.0315. The van der Waals surface area contributed by atoms with Gasteiger partial charge in [-0.05, 0) is 70.5 Å². The van der Waals surface area contributed by atoms with E-state index in [9.17, 15) is 20.4 Å². The predicted molar refractivity (Wildman–Crippen MR) is 177 cm³/mol. The first-order chi connectivity index (χ1) is 22.8. The Morgan fingerprint density at radius 2 is 1.00 bits per heavy atom. The summed E-state index contributed by atoms with van der Waals surface area (Å²) in [7, 11) is 0. The van der Waals surface area contributed by atoms with Gasteiger partial charge in [-0.3, -0.25) is 0 Å². The lowest BCUT2D eigenvalue weighted by molar-refractivity contribution is -0.153. The van der Waals surface area contributed by atoms with Gasteiger partial charge in [0.25, 0.3) is 0 Å². The number of hydrogen-bond acceptors (Lipinski definition) is 8. The van der Waals surface area contributed by atoms with E-state index in [2.05, 4.69) is 60.7 Å². The maximum atomic E-state index is 10.7. The van der Waals surface area contributed by atoms with Crippen molar-refractivity contribution in [3.05, 3.63) is 117 Å². The Morgan fingerprint density at radius 3 is 1.34 bits per heavy atom. The van der Waals surface area contributed by atoms with Crippen molar-refractivity contribution < 1.29 is 39.4 Å². The third kappa shape index (κ3) is 5.06. The average Bonchev–Trinajstić information content (AvgIpc) is 3.36. The zero-order chi connectivity index (χ0) is 32.8. The molecule has 1 aliphatic carbocycles. The number of aliphatic hydroxyl groups excluding tert-OH is 4. The van der Waals surface area contributed by atoms with Crippen LogP contribution in [0.1, 0.15) is 44.5 Å². The summed E-state index contributed by atoms with van der Waals surface area (Å²) >= 11 is 0. The first-order valence-corrected chi connectivity index (χ1v) is 16.2. The molecule has 0 spiro atoms. The van der Waals surface area contributed by atoms with E-state index in [1.165, 1.54) is 0 Å². The van der Waals surface area contributed by atoms with Gasteiger partial charge in [-0.1, -0.05) is 60.7 Å². The first-order valence-electron chi connectivity index (χ1n) is 16.2. The molecule has 0 unspecified atom stereocenters. The van der Waals surface area contributed by atoms with Crippen molar-refractivity contribution in [2.24, 2.45) is 10.8 Å². The second-order valence-electron chi connectivity index (χ2n) is 13.6. The van der Waals surface area contributed by atoms with Crippen molar-refractivity contribution in [2.45, 2.75) is 32.5 Å². The third-order valence-electron chi connectivity index (χ3n) is 10.2. The molecule has 0 aromatic heterocycles. The molecule has 0 saturated carbocycles. The van der Waals surface area contributed by atoms with Crippen LogP contribution in [0.15, 0.2) is 72.8 Å². The maximum absolute atomic E-state index is 10.7. The number of hydrogen-bond donors (Lipinski definition) is 4. The number of benzene rings is 4. The van der Waals surface area contributed by atoms with Gasteiger partial charge in [0.1, 0.15) is 24.7 Å². The van der Waals surface area contributed by atoms with E-state index < -0.39 is 16.2 Å². The lowest BCUT2D eigenvalue weighted by Gasteiger charge is -2.40. The Bertz CT molecular complexity index is 1650. The second-order valence-corrected chi connectivity index (χ2v) is 13.6. The Hall–Kier alpha value is -3.76. The van der Waals surface area contributed by atoms with Gasteiger partial charge in [0, 0.05) is 11.1 Å². The molecule has 7 rings (SSSR count). The Morgan fingerprint density at radius 1 is 0.596 bits per heavy atom. The zero-order valence-corrected chi connectivity index (χ0v) is 26.9. The summed E-state index contributed by atoms with van der Waals surface area (Å²) in [5.41, 5.74) is 7.80. The summed E-state index contributed by atoms with van der Waals surface area (Å²) in [5.74, 6) is 1.22. The molecule has 3 aliphatic rings. The number of fused-ring (bicyclic) bond motifs is 3. The molecule has 2 aliphatic heterocycles. The Balaban J connectivity index is 1.41. The molecule has 2 saturated heterocycles. The van der Waals surface area contributed by atoms with E-state index in [0.29, 0.717) is 49.1 Å².